The van der Waals surface area contributed by atoms with Gasteiger partial charge in [0.25, 0.3) is 0 Å². The normalized spacial score (nSPS) is 24.6. The van der Waals surface area contributed by atoms with E-state index in [1.807, 2.05) is 7.05 Å². The number of nitrogens with one attached hydrogen (secondary N) is 1. The minimum Gasteiger partial charge on any atom is -0.362 e. The predicted octanol–water partition coefficient (Wildman–Crippen LogP) is 2.99. The van der Waals surface area contributed by atoms with Crippen LogP contribution in [0.3, 0.4) is 0 Å². The van der Waals surface area contributed by atoms with Gasteiger partial charge in [-0.05, 0) is 42.3 Å². The van der Waals surface area contributed by atoms with Crippen LogP contribution in [0.2, 0.25) is 0 Å². The molecular weight excluding hydrogens is 374 g/mol. The summed E-state index contributed by atoms with van der Waals surface area (Å²) in [6, 6.07) is 1.64. The molecule has 2 unspecified atom stereocenters. The van der Waals surface area contributed by atoms with Crippen LogP contribution in [-0.4, -0.2) is 53.2 Å². The molecule has 5 nitrogen and oxygen atoms in total. The Morgan fingerprint density at radius 2 is 1.89 bits per heavy atom. The van der Waals surface area contributed by atoms with E-state index in [1.54, 1.807) is 6.20 Å². The SMILES string of the molecule is CN1CCN(C2Nc3c(F)cc(C(F)(F)F)cc3CC3c4cnnc2c43)CC1. The average Bonchev–Trinajstić information content (AvgIpc) is 3.33. The van der Waals surface area contributed by atoms with Crippen molar-refractivity contribution in [3.63, 3.8) is 0 Å². The van der Waals surface area contributed by atoms with Crippen LogP contribution >= 0.6 is 0 Å². The molecule has 9 heteroatoms. The summed E-state index contributed by atoms with van der Waals surface area (Å²) in [7, 11) is 2.04. The van der Waals surface area contributed by atoms with Gasteiger partial charge in [-0.2, -0.15) is 23.4 Å². The molecule has 1 aliphatic carbocycles. The molecule has 3 heterocycles. The number of hydrogen-bond donors (Lipinski definition) is 1. The standard InChI is InChI=1S/C19H19F4N5/c1-27-2-4-28(5-3-27)18-17-15-12(13(15)9-24-26-17)7-10-6-11(19(21,22)23)8-14(20)16(10)25-18/h6,8-9,12,18,25H,2-5,7H2,1H3. The number of nitrogens with zero attached hydrogens (tertiary/aromatic N) is 4. The first-order valence-electron chi connectivity index (χ1n) is 9.27. The van der Waals surface area contributed by atoms with Crippen molar-refractivity contribution >= 4 is 5.69 Å². The summed E-state index contributed by atoms with van der Waals surface area (Å²) in [6.45, 7) is 3.21. The van der Waals surface area contributed by atoms with Crippen molar-refractivity contribution in [1.29, 1.82) is 0 Å². The molecule has 5 rings (SSSR count). The number of fused-ring (bicyclic) bond motifs is 2. The van der Waals surface area contributed by atoms with Gasteiger partial charge in [0.05, 0.1) is 17.4 Å². The molecule has 1 fully saturated rings. The smallest absolute Gasteiger partial charge is 0.362 e. The van der Waals surface area contributed by atoms with Crippen LogP contribution in [0.25, 0.3) is 0 Å². The molecule has 1 saturated heterocycles. The third-order valence-corrected chi connectivity index (χ3v) is 5.96. The van der Waals surface area contributed by atoms with Crippen molar-refractivity contribution in [3.8, 4) is 0 Å². The number of rotatable bonds is 1. The van der Waals surface area contributed by atoms with Crippen LogP contribution in [0, 0.1) is 5.82 Å². The van der Waals surface area contributed by atoms with Gasteiger partial charge in [-0.3, -0.25) is 4.90 Å². The van der Waals surface area contributed by atoms with Gasteiger partial charge in [-0.15, -0.1) is 0 Å². The van der Waals surface area contributed by atoms with Gasteiger partial charge in [0, 0.05) is 32.1 Å². The maximum absolute atomic E-state index is 14.8. The van der Waals surface area contributed by atoms with E-state index < -0.39 is 23.7 Å². The molecule has 3 aliphatic rings. The van der Waals surface area contributed by atoms with Gasteiger partial charge in [0.1, 0.15) is 17.7 Å². The fourth-order valence-electron chi connectivity index (χ4n) is 4.31. The topological polar surface area (TPSA) is 44.3 Å². The third kappa shape index (κ3) is 2.84. The largest absolute Gasteiger partial charge is 0.416 e. The number of anilines is 1. The van der Waals surface area contributed by atoms with Gasteiger partial charge >= 0.3 is 6.18 Å². The number of piperazine rings is 1. The van der Waals surface area contributed by atoms with Crippen molar-refractivity contribution in [3.05, 3.63) is 52.1 Å². The summed E-state index contributed by atoms with van der Waals surface area (Å²) >= 11 is 0. The Labute approximate surface area is 159 Å². The number of benzene rings is 1. The van der Waals surface area contributed by atoms with E-state index >= 15 is 0 Å². The number of alkyl halides is 3. The molecule has 1 aromatic heterocycles. The van der Waals surface area contributed by atoms with Gasteiger partial charge in [0.2, 0.25) is 0 Å². The number of aromatic nitrogens is 2. The fourth-order valence-corrected chi connectivity index (χ4v) is 4.31. The Hall–Kier alpha value is -2.26. The van der Waals surface area contributed by atoms with Crippen molar-refractivity contribution < 1.29 is 17.6 Å². The second-order valence-corrected chi connectivity index (χ2v) is 7.73. The third-order valence-electron chi connectivity index (χ3n) is 5.96. The van der Waals surface area contributed by atoms with Gasteiger partial charge in [-0.1, -0.05) is 0 Å². The van der Waals surface area contributed by atoms with E-state index in [1.165, 1.54) is 0 Å². The number of halogens is 4. The maximum atomic E-state index is 14.8. The molecular formula is C19H19F4N5. The molecule has 1 N–H and O–H groups in total. The Morgan fingerprint density at radius 3 is 2.61 bits per heavy atom. The zero-order valence-electron chi connectivity index (χ0n) is 15.2. The molecule has 0 bridgehead atoms. The Kier molecular flexibility index (Phi) is 3.89. The summed E-state index contributed by atoms with van der Waals surface area (Å²) in [5.41, 5.74) is 2.32. The van der Waals surface area contributed by atoms with Crippen molar-refractivity contribution in [2.24, 2.45) is 0 Å². The lowest BCUT2D eigenvalue weighted by molar-refractivity contribution is -0.137. The van der Waals surface area contributed by atoms with Gasteiger partial charge in [0.15, 0.2) is 0 Å². The number of hydrogen-bond acceptors (Lipinski definition) is 5. The van der Waals surface area contributed by atoms with Crippen molar-refractivity contribution in [2.75, 3.05) is 38.5 Å². The van der Waals surface area contributed by atoms with E-state index in [2.05, 4.69) is 25.3 Å². The molecule has 148 valence electrons. The van der Waals surface area contributed by atoms with Gasteiger partial charge in [-0.25, -0.2) is 4.39 Å². The first-order chi connectivity index (χ1) is 13.3. The second kappa shape index (κ2) is 6.12. The predicted molar refractivity (Wildman–Crippen MR) is 94.4 cm³/mol. The lowest BCUT2D eigenvalue weighted by Crippen LogP contribution is -2.48. The molecule has 2 aromatic rings. The minimum absolute atomic E-state index is 0.0382. The first-order valence-corrected chi connectivity index (χ1v) is 9.27. The lowest BCUT2D eigenvalue weighted by atomic mass is 9.98. The van der Waals surface area contributed by atoms with E-state index in [-0.39, 0.29) is 11.6 Å². The van der Waals surface area contributed by atoms with Crippen LogP contribution in [0.15, 0.2) is 18.3 Å². The lowest BCUT2D eigenvalue weighted by Gasteiger charge is -2.39. The Bertz CT molecular complexity index is 937. The van der Waals surface area contributed by atoms with E-state index in [4.69, 9.17) is 0 Å². The molecule has 2 aliphatic heterocycles. The average molecular weight is 393 g/mol. The monoisotopic (exact) mass is 393 g/mol. The second-order valence-electron chi connectivity index (χ2n) is 7.73. The van der Waals surface area contributed by atoms with Crippen LogP contribution in [0.1, 0.15) is 40.0 Å². The minimum atomic E-state index is -4.58. The zero-order chi connectivity index (χ0) is 19.6. The van der Waals surface area contributed by atoms with Crippen LogP contribution in [0.5, 0.6) is 0 Å². The first kappa shape index (κ1) is 17.8. The van der Waals surface area contributed by atoms with E-state index in [0.717, 1.165) is 49.1 Å². The Morgan fingerprint density at radius 1 is 1.14 bits per heavy atom. The molecule has 0 amide bonds. The summed E-state index contributed by atoms with van der Waals surface area (Å²) < 4.78 is 54.4. The van der Waals surface area contributed by atoms with Gasteiger partial charge < -0.3 is 10.2 Å². The summed E-state index contributed by atoms with van der Waals surface area (Å²) in [5, 5.41) is 11.6. The summed E-state index contributed by atoms with van der Waals surface area (Å²) in [4.78, 5) is 4.36. The zero-order valence-corrected chi connectivity index (χ0v) is 15.2. The summed E-state index contributed by atoms with van der Waals surface area (Å²) in [5.74, 6) is -0.919. The van der Waals surface area contributed by atoms with Crippen LogP contribution in [-0.2, 0) is 12.6 Å². The highest BCUT2D eigenvalue weighted by Crippen LogP contribution is 2.51. The fraction of sp³-hybridized carbons (Fsp3) is 0.474. The molecule has 0 radical (unpaired) electrons. The van der Waals surface area contributed by atoms with E-state index in [0.29, 0.717) is 18.1 Å². The quantitative estimate of drug-likeness (QED) is 0.755. The summed E-state index contributed by atoms with van der Waals surface area (Å²) in [6.07, 6.45) is -3.01. The molecule has 1 aromatic carbocycles. The Balaban J connectivity index is 1.59. The molecule has 2 atom stereocenters. The molecule has 0 saturated carbocycles. The highest BCUT2D eigenvalue weighted by Gasteiger charge is 2.44. The van der Waals surface area contributed by atoms with Crippen LogP contribution < -0.4 is 5.32 Å². The molecule has 0 spiro atoms. The van der Waals surface area contributed by atoms with Crippen molar-refractivity contribution in [2.45, 2.75) is 24.7 Å². The van der Waals surface area contributed by atoms with Crippen molar-refractivity contribution in [1.82, 2.24) is 20.0 Å². The van der Waals surface area contributed by atoms with Crippen LogP contribution in [0.4, 0.5) is 23.2 Å². The molecule has 28 heavy (non-hydrogen) atoms. The highest BCUT2D eigenvalue weighted by molar-refractivity contribution is 5.64. The number of likely N-dealkylation sites (N-methyl/N-ethyl adjacent to an activating group) is 1. The highest BCUT2D eigenvalue weighted by atomic mass is 19.4. The van der Waals surface area contributed by atoms with E-state index in [9.17, 15) is 17.6 Å². The maximum Gasteiger partial charge on any atom is 0.416 e.